The van der Waals surface area contributed by atoms with Crippen LogP contribution < -0.4 is 5.73 Å². The lowest BCUT2D eigenvalue weighted by molar-refractivity contribution is 0.0740. The molecule has 5 heteroatoms. The summed E-state index contributed by atoms with van der Waals surface area (Å²) in [5.41, 5.74) is 6.68. The minimum Gasteiger partial charge on any atom is -0.397 e. The highest BCUT2D eigenvalue weighted by atomic mass is 32.1. The highest BCUT2D eigenvalue weighted by molar-refractivity contribution is 7.10. The summed E-state index contributed by atoms with van der Waals surface area (Å²) in [5, 5.41) is 2.01. The summed E-state index contributed by atoms with van der Waals surface area (Å²) in [6.07, 6.45) is 1.62. The zero-order chi connectivity index (χ0) is 12.4. The van der Waals surface area contributed by atoms with Gasteiger partial charge in [0, 0.05) is 23.8 Å². The van der Waals surface area contributed by atoms with Crippen molar-refractivity contribution in [2.75, 3.05) is 12.8 Å². The normalized spacial score (nSPS) is 12.4. The van der Waals surface area contributed by atoms with E-state index in [-0.39, 0.29) is 11.9 Å². The summed E-state index contributed by atoms with van der Waals surface area (Å²) in [4.78, 5) is 17.9. The van der Waals surface area contributed by atoms with Gasteiger partial charge in [0.2, 0.25) is 0 Å². The monoisotopic (exact) mass is 249 g/mol. The third kappa shape index (κ3) is 2.34. The predicted molar refractivity (Wildman–Crippen MR) is 70.0 cm³/mol. The van der Waals surface area contributed by atoms with Gasteiger partial charge in [0.05, 0.1) is 6.04 Å². The maximum atomic E-state index is 12.1. The molecule has 3 N–H and O–H groups in total. The fourth-order valence-corrected chi connectivity index (χ4v) is 2.45. The van der Waals surface area contributed by atoms with Gasteiger partial charge >= 0.3 is 0 Å². The van der Waals surface area contributed by atoms with Crippen LogP contribution in [0.4, 0.5) is 5.69 Å². The number of hydrogen-bond acceptors (Lipinski definition) is 3. The van der Waals surface area contributed by atoms with Gasteiger partial charge in [-0.3, -0.25) is 4.79 Å². The topological polar surface area (TPSA) is 62.1 Å². The fraction of sp³-hybridized carbons (Fsp3) is 0.250. The Morgan fingerprint density at radius 2 is 2.35 bits per heavy atom. The lowest BCUT2D eigenvalue weighted by Crippen LogP contribution is -2.29. The lowest BCUT2D eigenvalue weighted by atomic mass is 10.2. The summed E-state index contributed by atoms with van der Waals surface area (Å²) in [5.74, 6) is -0.0531. The van der Waals surface area contributed by atoms with Crippen molar-refractivity contribution in [2.45, 2.75) is 13.0 Å². The van der Waals surface area contributed by atoms with Gasteiger partial charge in [-0.05, 0) is 24.4 Å². The number of H-pyrrole nitrogens is 1. The molecule has 1 amide bonds. The molecule has 0 aliphatic carbocycles. The van der Waals surface area contributed by atoms with E-state index in [4.69, 9.17) is 5.73 Å². The van der Waals surface area contributed by atoms with Crippen molar-refractivity contribution >= 4 is 22.9 Å². The second-order valence-corrected chi connectivity index (χ2v) is 4.93. The maximum Gasteiger partial charge on any atom is 0.270 e. The van der Waals surface area contributed by atoms with Gasteiger partial charge in [-0.25, -0.2) is 0 Å². The zero-order valence-electron chi connectivity index (χ0n) is 9.81. The molecule has 0 fully saturated rings. The molecule has 17 heavy (non-hydrogen) atoms. The molecule has 90 valence electrons. The number of nitrogens with one attached hydrogen (secondary N) is 1. The van der Waals surface area contributed by atoms with Gasteiger partial charge in [-0.15, -0.1) is 11.3 Å². The predicted octanol–water partition coefficient (Wildman–Crippen LogP) is 2.49. The van der Waals surface area contributed by atoms with Crippen molar-refractivity contribution in [1.29, 1.82) is 0 Å². The average Bonchev–Trinajstić information content (AvgIpc) is 2.96. The smallest absolute Gasteiger partial charge is 0.270 e. The van der Waals surface area contributed by atoms with E-state index < -0.39 is 0 Å². The molecule has 0 aliphatic heterocycles. The molecule has 2 rings (SSSR count). The summed E-state index contributed by atoms with van der Waals surface area (Å²) in [6.45, 7) is 2.01. The molecule has 0 spiro atoms. The Hall–Kier alpha value is -1.75. The third-order valence-corrected chi connectivity index (χ3v) is 3.83. The van der Waals surface area contributed by atoms with Crippen LogP contribution in [0.15, 0.2) is 29.8 Å². The highest BCUT2D eigenvalue weighted by Gasteiger charge is 2.20. The minimum absolute atomic E-state index is 0.0531. The van der Waals surface area contributed by atoms with Crippen LogP contribution in [0.25, 0.3) is 0 Å². The van der Waals surface area contributed by atoms with Crippen molar-refractivity contribution in [1.82, 2.24) is 9.88 Å². The molecule has 2 heterocycles. The van der Waals surface area contributed by atoms with E-state index in [1.54, 1.807) is 35.5 Å². The number of amides is 1. The zero-order valence-corrected chi connectivity index (χ0v) is 10.6. The SMILES string of the molecule is CC(c1cccs1)N(C)C(=O)c1cc(N)c[nH]1. The summed E-state index contributed by atoms with van der Waals surface area (Å²) >= 11 is 1.65. The number of thiophene rings is 1. The van der Waals surface area contributed by atoms with Gasteiger partial charge in [0.15, 0.2) is 0 Å². The maximum absolute atomic E-state index is 12.1. The number of nitrogen functional groups attached to an aromatic ring is 1. The number of anilines is 1. The first-order valence-electron chi connectivity index (χ1n) is 5.34. The van der Waals surface area contributed by atoms with Crippen LogP contribution in [-0.2, 0) is 0 Å². The van der Waals surface area contributed by atoms with E-state index in [2.05, 4.69) is 4.98 Å². The van der Waals surface area contributed by atoms with Crippen molar-refractivity contribution in [2.24, 2.45) is 0 Å². The number of nitrogens with two attached hydrogens (primary N) is 1. The highest BCUT2D eigenvalue weighted by Crippen LogP contribution is 2.24. The molecular weight excluding hydrogens is 234 g/mol. The van der Waals surface area contributed by atoms with E-state index in [9.17, 15) is 4.79 Å². The standard InChI is InChI=1S/C12H15N3OS/c1-8(11-4-3-5-17-11)15(2)12(16)10-6-9(13)7-14-10/h3-8,14H,13H2,1-2H3. The number of carbonyl (C=O) groups is 1. The van der Waals surface area contributed by atoms with Crippen LogP contribution >= 0.6 is 11.3 Å². The van der Waals surface area contributed by atoms with Crippen LogP contribution in [0.1, 0.15) is 28.3 Å². The molecule has 0 radical (unpaired) electrons. The van der Waals surface area contributed by atoms with Gasteiger partial charge in [-0.1, -0.05) is 6.07 Å². The minimum atomic E-state index is -0.0531. The number of aromatic nitrogens is 1. The number of carbonyl (C=O) groups excluding carboxylic acids is 1. The van der Waals surface area contributed by atoms with Crippen molar-refractivity contribution in [3.63, 3.8) is 0 Å². The largest absolute Gasteiger partial charge is 0.397 e. The van der Waals surface area contributed by atoms with E-state index >= 15 is 0 Å². The second-order valence-electron chi connectivity index (χ2n) is 3.95. The molecule has 0 aliphatic rings. The van der Waals surface area contributed by atoms with E-state index in [0.717, 1.165) is 0 Å². The first-order chi connectivity index (χ1) is 8.09. The Morgan fingerprint density at radius 1 is 1.59 bits per heavy atom. The van der Waals surface area contributed by atoms with Crippen LogP contribution in [0.3, 0.4) is 0 Å². The summed E-state index contributed by atoms with van der Waals surface area (Å²) in [7, 11) is 1.80. The van der Waals surface area contributed by atoms with E-state index in [1.807, 2.05) is 24.4 Å². The van der Waals surface area contributed by atoms with Crippen LogP contribution in [0.2, 0.25) is 0 Å². The van der Waals surface area contributed by atoms with E-state index in [1.165, 1.54) is 4.88 Å². The number of nitrogens with zero attached hydrogens (tertiary/aromatic N) is 1. The van der Waals surface area contributed by atoms with Crippen LogP contribution in [0, 0.1) is 0 Å². The van der Waals surface area contributed by atoms with E-state index in [0.29, 0.717) is 11.4 Å². The number of aromatic amines is 1. The summed E-state index contributed by atoms with van der Waals surface area (Å²) < 4.78 is 0. The Bertz CT molecular complexity index is 504. The Morgan fingerprint density at radius 3 is 2.88 bits per heavy atom. The van der Waals surface area contributed by atoms with Gasteiger partial charge in [0.1, 0.15) is 5.69 Å². The van der Waals surface area contributed by atoms with Gasteiger partial charge < -0.3 is 15.6 Å². The van der Waals surface area contributed by atoms with Crippen molar-refractivity contribution in [3.8, 4) is 0 Å². The van der Waals surface area contributed by atoms with Gasteiger partial charge in [0.25, 0.3) is 5.91 Å². The second kappa shape index (κ2) is 4.63. The molecule has 1 unspecified atom stereocenters. The molecule has 0 saturated heterocycles. The van der Waals surface area contributed by atoms with Crippen molar-refractivity contribution in [3.05, 3.63) is 40.3 Å². The molecule has 0 saturated carbocycles. The summed E-state index contributed by atoms with van der Waals surface area (Å²) in [6, 6.07) is 5.73. The molecule has 1 atom stereocenters. The Labute approximate surface area is 104 Å². The van der Waals surface area contributed by atoms with Crippen molar-refractivity contribution < 1.29 is 4.79 Å². The Balaban J connectivity index is 2.15. The molecule has 0 aromatic carbocycles. The fourth-order valence-electron chi connectivity index (χ4n) is 1.62. The number of hydrogen-bond donors (Lipinski definition) is 2. The first-order valence-corrected chi connectivity index (χ1v) is 6.22. The molecular formula is C12H15N3OS. The van der Waals surface area contributed by atoms with Crippen LogP contribution in [0.5, 0.6) is 0 Å². The third-order valence-electron chi connectivity index (χ3n) is 2.79. The van der Waals surface area contributed by atoms with Gasteiger partial charge in [-0.2, -0.15) is 0 Å². The molecule has 0 bridgehead atoms. The molecule has 4 nitrogen and oxygen atoms in total. The quantitative estimate of drug-likeness (QED) is 0.878. The molecule has 2 aromatic heterocycles. The number of rotatable bonds is 3. The average molecular weight is 249 g/mol. The molecule has 2 aromatic rings. The van der Waals surface area contributed by atoms with Crippen LogP contribution in [-0.4, -0.2) is 22.8 Å². The lowest BCUT2D eigenvalue weighted by Gasteiger charge is -2.23. The first kappa shape index (κ1) is 11.7. The Kier molecular flexibility index (Phi) is 3.19.